The normalized spacial score (nSPS) is 10.1. The number of nitrogen functional groups attached to an aromatic ring is 1. The number of nitrogens with one attached hydrogen (secondary N) is 1. The van der Waals surface area contributed by atoms with Gasteiger partial charge in [-0.25, -0.2) is 4.98 Å². The number of nitrogens with zero attached hydrogens (tertiary/aromatic N) is 1. The van der Waals surface area contributed by atoms with Crippen LogP contribution < -0.4 is 11.1 Å². The van der Waals surface area contributed by atoms with Gasteiger partial charge in [0.05, 0.1) is 5.56 Å². The van der Waals surface area contributed by atoms with Crippen LogP contribution >= 0.6 is 0 Å². The summed E-state index contributed by atoms with van der Waals surface area (Å²) in [5.74, 6) is 0.0620. The van der Waals surface area contributed by atoms with Crippen molar-refractivity contribution < 1.29 is 9.53 Å². The van der Waals surface area contributed by atoms with Crippen LogP contribution in [0.2, 0.25) is 0 Å². The van der Waals surface area contributed by atoms with Gasteiger partial charge in [0, 0.05) is 26.0 Å². The molecule has 0 radical (unpaired) electrons. The van der Waals surface area contributed by atoms with Crippen molar-refractivity contribution in [2.75, 3.05) is 25.5 Å². The maximum atomic E-state index is 11.6. The summed E-state index contributed by atoms with van der Waals surface area (Å²) in [6, 6.07) is 3.34. The smallest absolute Gasteiger partial charge is 0.255 e. The molecule has 5 nitrogen and oxygen atoms in total. The Hall–Kier alpha value is -1.62. The Morgan fingerprint density at radius 2 is 2.44 bits per heavy atom. The first kappa shape index (κ1) is 12.4. The van der Waals surface area contributed by atoms with E-state index in [0.717, 1.165) is 6.42 Å². The Labute approximate surface area is 95.0 Å². The van der Waals surface area contributed by atoms with Gasteiger partial charge in [0.2, 0.25) is 0 Å². The number of rotatable bonds is 6. The monoisotopic (exact) mass is 223 g/mol. The quantitative estimate of drug-likeness (QED) is 0.700. The fraction of sp³-hybridized carbons (Fsp3) is 0.455. The summed E-state index contributed by atoms with van der Waals surface area (Å²) in [6.45, 7) is 3.87. The van der Waals surface area contributed by atoms with E-state index in [1.165, 1.54) is 0 Å². The molecule has 0 aliphatic carbocycles. The third-order valence-electron chi connectivity index (χ3n) is 2.04. The van der Waals surface area contributed by atoms with Crippen molar-refractivity contribution in [3.8, 4) is 0 Å². The molecule has 0 fully saturated rings. The average molecular weight is 223 g/mol. The lowest BCUT2D eigenvalue weighted by molar-refractivity contribution is 0.0945. The topological polar surface area (TPSA) is 77.2 Å². The highest BCUT2D eigenvalue weighted by atomic mass is 16.5. The number of amides is 1. The van der Waals surface area contributed by atoms with Crippen molar-refractivity contribution in [1.29, 1.82) is 0 Å². The molecule has 0 saturated heterocycles. The van der Waals surface area contributed by atoms with E-state index < -0.39 is 0 Å². The molecule has 0 unspecified atom stereocenters. The van der Waals surface area contributed by atoms with Crippen LogP contribution in [0.15, 0.2) is 18.3 Å². The number of hydrogen-bond donors (Lipinski definition) is 2. The van der Waals surface area contributed by atoms with Crippen molar-refractivity contribution in [3.63, 3.8) is 0 Å². The number of carbonyl (C=O) groups is 1. The van der Waals surface area contributed by atoms with Gasteiger partial charge in [0.1, 0.15) is 5.82 Å². The summed E-state index contributed by atoms with van der Waals surface area (Å²) in [4.78, 5) is 15.5. The van der Waals surface area contributed by atoms with Crippen LogP contribution in [0.25, 0.3) is 0 Å². The molecule has 3 N–H and O–H groups in total. The van der Waals surface area contributed by atoms with Crippen LogP contribution in [-0.2, 0) is 4.74 Å². The highest BCUT2D eigenvalue weighted by Crippen LogP contribution is 2.05. The van der Waals surface area contributed by atoms with Crippen molar-refractivity contribution in [2.24, 2.45) is 0 Å². The Balaban J connectivity index is 2.33. The minimum absolute atomic E-state index is 0.193. The highest BCUT2D eigenvalue weighted by Gasteiger charge is 2.08. The molecule has 0 bridgehead atoms. The predicted octanol–water partition coefficient (Wildman–Crippen LogP) is 0.820. The zero-order chi connectivity index (χ0) is 11.8. The number of aromatic nitrogens is 1. The standard InChI is InChI=1S/C11H17N3O2/c1-2-16-8-4-7-14-11(15)9-5-3-6-13-10(9)12/h3,5-6H,2,4,7-8H2,1H3,(H2,12,13)(H,14,15). The van der Waals surface area contributed by atoms with E-state index in [4.69, 9.17) is 10.5 Å². The molecule has 0 aliphatic heterocycles. The second-order valence-corrected chi connectivity index (χ2v) is 3.24. The van der Waals surface area contributed by atoms with Crippen molar-refractivity contribution >= 4 is 11.7 Å². The first-order valence-electron chi connectivity index (χ1n) is 5.32. The first-order chi connectivity index (χ1) is 7.75. The predicted molar refractivity (Wildman–Crippen MR) is 62.1 cm³/mol. The Morgan fingerprint density at radius 3 is 3.12 bits per heavy atom. The van der Waals surface area contributed by atoms with Crippen LogP contribution in [0.4, 0.5) is 5.82 Å². The van der Waals surface area contributed by atoms with E-state index >= 15 is 0 Å². The summed E-state index contributed by atoms with van der Waals surface area (Å²) in [5.41, 5.74) is 5.99. The lowest BCUT2D eigenvalue weighted by atomic mass is 10.2. The van der Waals surface area contributed by atoms with Crippen molar-refractivity contribution in [1.82, 2.24) is 10.3 Å². The van der Waals surface area contributed by atoms with Crippen molar-refractivity contribution in [3.05, 3.63) is 23.9 Å². The zero-order valence-corrected chi connectivity index (χ0v) is 9.40. The van der Waals surface area contributed by atoms with Gasteiger partial charge in [0.15, 0.2) is 0 Å². The van der Waals surface area contributed by atoms with E-state index in [-0.39, 0.29) is 11.7 Å². The molecule has 0 atom stereocenters. The highest BCUT2D eigenvalue weighted by molar-refractivity contribution is 5.98. The van der Waals surface area contributed by atoms with Gasteiger partial charge >= 0.3 is 0 Å². The van der Waals surface area contributed by atoms with E-state index in [1.807, 2.05) is 6.92 Å². The fourth-order valence-electron chi connectivity index (χ4n) is 1.23. The molecule has 16 heavy (non-hydrogen) atoms. The van der Waals surface area contributed by atoms with Crippen LogP contribution in [0.1, 0.15) is 23.7 Å². The number of ether oxygens (including phenoxy) is 1. The Bertz CT molecular complexity index is 342. The molecule has 1 rings (SSSR count). The number of anilines is 1. The van der Waals surface area contributed by atoms with Gasteiger partial charge in [-0.15, -0.1) is 0 Å². The maximum Gasteiger partial charge on any atom is 0.255 e. The van der Waals surface area contributed by atoms with Gasteiger partial charge in [-0.1, -0.05) is 0 Å². The summed E-state index contributed by atoms with van der Waals surface area (Å²) >= 11 is 0. The second-order valence-electron chi connectivity index (χ2n) is 3.24. The molecule has 1 aromatic rings. The van der Waals surface area contributed by atoms with Gasteiger partial charge in [0.25, 0.3) is 5.91 Å². The molecule has 1 aromatic heterocycles. The van der Waals surface area contributed by atoms with E-state index in [0.29, 0.717) is 25.3 Å². The van der Waals surface area contributed by atoms with Gasteiger partial charge in [-0.05, 0) is 25.5 Å². The van der Waals surface area contributed by atoms with Gasteiger partial charge in [-0.3, -0.25) is 4.79 Å². The fourth-order valence-corrected chi connectivity index (χ4v) is 1.23. The SMILES string of the molecule is CCOCCCNC(=O)c1cccnc1N. The number of pyridine rings is 1. The summed E-state index contributed by atoms with van der Waals surface area (Å²) in [6.07, 6.45) is 2.35. The first-order valence-corrected chi connectivity index (χ1v) is 5.32. The molecular weight excluding hydrogens is 206 g/mol. The molecular formula is C11H17N3O2. The van der Waals surface area contributed by atoms with Crippen LogP contribution in [0.3, 0.4) is 0 Å². The van der Waals surface area contributed by atoms with Crippen molar-refractivity contribution in [2.45, 2.75) is 13.3 Å². The van der Waals surface area contributed by atoms with E-state index in [9.17, 15) is 4.79 Å². The number of nitrogens with two attached hydrogens (primary N) is 1. The van der Waals surface area contributed by atoms with Crippen LogP contribution in [0.5, 0.6) is 0 Å². The molecule has 0 spiro atoms. The molecule has 1 amide bonds. The third kappa shape index (κ3) is 3.86. The lowest BCUT2D eigenvalue weighted by Crippen LogP contribution is -2.26. The third-order valence-corrected chi connectivity index (χ3v) is 2.04. The largest absolute Gasteiger partial charge is 0.383 e. The Morgan fingerprint density at radius 1 is 1.62 bits per heavy atom. The van der Waals surface area contributed by atoms with Crippen LogP contribution in [0, 0.1) is 0 Å². The van der Waals surface area contributed by atoms with E-state index in [2.05, 4.69) is 10.3 Å². The van der Waals surface area contributed by atoms with Gasteiger partial charge in [-0.2, -0.15) is 0 Å². The molecule has 5 heteroatoms. The Kier molecular flexibility index (Phi) is 5.28. The molecule has 0 saturated carbocycles. The summed E-state index contributed by atoms with van der Waals surface area (Å²) in [5, 5.41) is 2.76. The average Bonchev–Trinajstić information content (AvgIpc) is 2.29. The molecule has 88 valence electrons. The van der Waals surface area contributed by atoms with E-state index in [1.54, 1.807) is 18.3 Å². The minimum Gasteiger partial charge on any atom is -0.383 e. The molecule has 0 aromatic carbocycles. The minimum atomic E-state index is -0.193. The van der Waals surface area contributed by atoms with Gasteiger partial charge < -0.3 is 15.8 Å². The number of carbonyl (C=O) groups excluding carboxylic acids is 1. The summed E-state index contributed by atoms with van der Waals surface area (Å²) in [7, 11) is 0. The maximum absolute atomic E-state index is 11.6. The second kappa shape index (κ2) is 6.79. The zero-order valence-electron chi connectivity index (χ0n) is 9.40. The molecule has 1 heterocycles. The van der Waals surface area contributed by atoms with Crippen LogP contribution in [-0.4, -0.2) is 30.6 Å². The molecule has 0 aliphatic rings. The lowest BCUT2D eigenvalue weighted by Gasteiger charge is -2.06. The summed E-state index contributed by atoms with van der Waals surface area (Å²) < 4.78 is 5.16. The number of hydrogen-bond acceptors (Lipinski definition) is 4.